The van der Waals surface area contributed by atoms with E-state index < -0.39 is 10.0 Å². The zero-order chi connectivity index (χ0) is 22.4. The van der Waals surface area contributed by atoms with Crippen molar-refractivity contribution >= 4 is 15.8 Å². The van der Waals surface area contributed by atoms with E-state index in [2.05, 4.69) is 6.92 Å². The number of aryl methyl sites for hydroxylation is 1. The van der Waals surface area contributed by atoms with Crippen LogP contribution in [0.3, 0.4) is 0 Å². The maximum absolute atomic E-state index is 13.4. The molecule has 0 saturated carbocycles. The number of hydrogen-bond acceptors (Lipinski definition) is 4. The Balaban J connectivity index is 1.88. The van der Waals surface area contributed by atoms with Crippen molar-refractivity contribution in [3.8, 4) is 5.75 Å². The molecular weight excluding hydrogens is 410 g/mol. The van der Waals surface area contributed by atoms with Gasteiger partial charge in [0.1, 0.15) is 5.75 Å². The highest BCUT2D eigenvalue weighted by atomic mass is 32.2. The summed E-state index contributed by atoms with van der Waals surface area (Å²) in [5.74, 6) is 0.539. The summed E-state index contributed by atoms with van der Waals surface area (Å²) in [5, 5.41) is 0. The lowest BCUT2D eigenvalue weighted by Gasteiger charge is -2.25. The number of benzene rings is 2. The third-order valence-electron chi connectivity index (χ3n) is 5.73. The molecule has 0 aromatic heterocycles. The van der Waals surface area contributed by atoms with Crippen molar-refractivity contribution in [1.82, 2.24) is 4.31 Å². The van der Waals surface area contributed by atoms with Gasteiger partial charge in [-0.05, 0) is 56.2 Å². The predicted octanol–water partition coefficient (Wildman–Crippen LogP) is 5.50. The number of methoxy groups -OCH3 is 1. The molecule has 0 saturated heterocycles. The van der Waals surface area contributed by atoms with Crippen LogP contribution in [0.1, 0.15) is 61.4 Å². The zero-order valence-corrected chi connectivity index (χ0v) is 19.3. The highest BCUT2D eigenvalue weighted by Gasteiger charge is 2.36. The number of ether oxygens (including phenoxy) is 1. The highest BCUT2D eigenvalue weighted by molar-refractivity contribution is 7.89. The second-order valence-electron chi connectivity index (χ2n) is 8.07. The van der Waals surface area contributed by atoms with Gasteiger partial charge in [-0.1, -0.05) is 50.3 Å². The summed E-state index contributed by atoms with van der Waals surface area (Å²) < 4.78 is 33.4. The molecule has 31 heavy (non-hydrogen) atoms. The summed E-state index contributed by atoms with van der Waals surface area (Å²) in [6, 6.07) is 13.5. The van der Waals surface area contributed by atoms with Gasteiger partial charge in [0.2, 0.25) is 0 Å². The van der Waals surface area contributed by atoms with Gasteiger partial charge in [-0.2, -0.15) is 0 Å². The Morgan fingerprint density at radius 1 is 1.03 bits per heavy atom. The molecule has 1 unspecified atom stereocenters. The molecule has 0 N–H and O–H groups in total. The van der Waals surface area contributed by atoms with Crippen molar-refractivity contribution in [2.24, 2.45) is 0 Å². The topological polar surface area (TPSA) is 63.7 Å². The smallest absolute Gasteiger partial charge is 0.264 e. The standard InChI is InChI=1S/C25H31NO4S/c1-4-5-6-7-8-22-17-21(25(27)20-11-13-23(30-3)14-12-20)18-26(22)31(28,29)24-15-9-19(2)10-16-24/h9-16,18,22H,4-8,17H2,1-3H3. The number of carbonyl (C=O) groups is 1. The van der Waals surface area contributed by atoms with Crippen LogP contribution in [-0.2, 0) is 10.0 Å². The number of unbranched alkanes of at least 4 members (excludes halogenated alkanes) is 3. The maximum Gasteiger partial charge on any atom is 0.264 e. The van der Waals surface area contributed by atoms with Gasteiger partial charge in [0, 0.05) is 23.4 Å². The lowest BCUT2D eigenvalue weighted by Crippen LogP contribution is -2.33. The van der Waals surface area contributed by atoms with E-state index in [1.807, 2.05) is 6.92 Å². The minimum atomic E-state index is -3.72. The molecule has 0 radical (unpaired) electrons. The Morgan fingerprint density at radius 2 is 1.71 bits per heavy atom. The molecule has 0 amide bonds. The monoisotopic (exact) mass is 441 g/mol. The lowest BCUT2D eigenvalue weighted by molar-refractivity contribution is 0.103. The number of nitrogens with zero attached hydrogens (tertiary/aromatic N) is 1. The van der Waals surface area contributed by atoms with Crippen LogP contribution >= 0.6 is 0 Å². The highest BCUT2D eigenvalue weighted by Crippen LogP contribution is 2.33. The van der Waals surface area contributed by atoms with Gasteiger partial charge in [0.25, 0.3) is 10.0 Å². The van der Waals surface area contributed by atoms with Crippen molar-refractivity contribution < 1.29 is 17.9 Å². The fourth-order valence-corrected chi connectivity index (χ4v) is 5.43. The number of rotatable bonds is 10. The Kier molecular flexibility index (Phi) is 7.55. The predicted molar refractivity (Wildman–Crippen MR) is 123 cm³/mol. The number of ketones is 1. The first-order valence-electron chi connectivity index (χ1n) is 10.9. The molecule has 6 heteroatoms. The first-order valence-corrected chi connectivity index (χ1v) is 12.3. The van der Waals surface area contributed by atoms with E-state index in [0.29, 0.717) is 23.3 Å². The summed E-state index contributed by atoms with van der Waals surface area (Å²) in [5.41, 5.74) is 2.06. The van der Waals surface area contributed by atoms with Gasteiger partial charge in [0.15, 0.2) is 5.78 Å². The molecular formula is C25H31NO4S. The molecule has 166 valence electrons. The van der Waals surface area contributed by atoms with E-state index in [1.54, 1.807) is 61.8 Å². The van der Waals surface area contributed by atoms with Crippen molar-refractivity contribution in [1.29, 1.82) is 0 Å². The van der Waals surface area contributed by atoms with Crippen LogP contribution in [0, 0.1) is 6.92 Å². The molecule has 1 aliphatic rings. The number of hydrogen-bond donors (Lipinski definition) is 0. The quantitative estimate of drug-likeness (QED) is 0.361. The molecule has 0 aliphatic carbocycles. The van der Waals surface area contributed by atoms with Gasteiger partial charge >= 0.3 is 0 Å². The van der Waals surface area contributed by atoms with Crippen LogP contribution in [0.15, 0.2) is 65.2 Å². The second-order valence-corrected chi connectivity index (χ2v) is 9.91. The molecule has 0 spiro atoms. The fourth-order valence-electron chi connectivity index (χ4n) is 3.87. The van der Waals surface area contributed by atoms with Crippen LogP contribution in [0.25, 0.3) is 0 Å². The Labute approximate surface area is 185 Å². The summed E-state index contributed by atoms with van der Waals surface area (Å²) in [6.45, 7) is 4.07. The molecule has 2 aromatic carbocycles. The first-order chi connectivity index (χ1) is 14.9. The van der Waals surface area contributed by atoms with E-state index in [1.165, 1.54) is 4.31 Å². The second kappa shape index (κ2) is 10.1. The summed E-state index contributed by atoms with van der Waals surface area (Å²) in [6.07, 6.45) is 6.97. The van der Waals surface area contributed by atoms with Crippen molar-refractivity contribution in [2.75, 3.05) is 7.11 Å². The summed E-state index contributed by atoms with van der Waals surface area (Å²) in [7, 11) is -2.15. The van der Waals surface area contributed by atoms with Gasteiger partial charge < -0.3 is 4.74 Å². The van der Waals surface area contributed by atoms with Gasteiger partial charge in [-0.3, -0.25) is 9.10 Å². The normalized spacial score (nSPS) is 16.3. The SMILES string of the molecule is CCCCCCC1CC(C(=O)c2ccc(OC)cc2)=CN1S(=O)(=O)c1ccc(C)cc1. The maximum atomic E-state index is 13.4. The molecule has 0 bridgehead atoms. The number of Topliss-reactive ketones (excluding diaryl/α,β-unsaturated/α-hetero) is 1. The van der Waals surface area contributed by atoms with Crippen LogP contribution < -0.4 is 4.74 Å². The van der Waals surface area contributed by atoms with Crippen molar-refractivity contribution in [3.63, 3.8) is 0 Å². The van der Waals surface area contributed by atoms with Crippen molar-refractivity contribution in [3.05, 3.63) is 71.4 Å². The Bertz CT molecular complexity index is 1020. The van der Waals surface area contributed by atoms with Gasteiger partial charge in [0.05, 0.1) is 12.0 Å². The van der Waals surface area contributed by atoms with E-state index in [4.69, 9.17) is 4.74 Å². The van der Waals surface area contributed by atoms with E-state index in [0.717, 1.165) is 37.7 Å². The zero-order valence-electron chi connectivity index (χ0n) is 18.5. The lowest BCUT2D eigenvalue weighted by atomic mass is 9.98. The Morgan fingerprint density at radius 3 is 2.32 bits per heavy atom. The number of carbonyl (C=O) groups excluding carboxylic acids is 1. The fraction of sp³-hybridized carbons (Fsp3) is 0.400. The average molecular weight is 442 g/mol. The number of sulfonamides is 1. The van der Waals surface area contributed by atoms with Crippen LogP contribution in [-0.4, -0.2) is 31.7 Å². The third kappa shape index (κ3) is 5.37. The minimum Gasteiger partial charge on any atom is -0.497 e. The van der Waals surface area contributed by atoms with Crippen LogP contribution in [0.5, 0.6) is 5.75 Å². The molecule has 1 aliphatic heterocycles. The minimum absolute atomic E-state index is 0.136. The molecule has 1 heterocycles. The largest absolute Gasteiger partial charge is 0.497 e. The van der Waals surface area contributed by atoms with Crippen molar-refractivity contribution in [2.45, 2.75) is 63.3 Å². The molecule has 0 fully saturated rings. The van der Waals surface area contributed by atoms with E-state index in [9.17, 15) is 13.2 Å². The third-order valence-corrected chi connectivity index (χ3v) is 7.56. The van der Waals surface area contributed by atoms with Gasteiger partial charge in [-0.15, -0.1) is 0 Å². The summed E-state index contributed by atoms with van der Waals surface area (Å²) >= 11 is 0. The van der Waals surface area contributed by atoms with Crippen LogP contribution in [0.2, 0.25) is 0 Å². The summed E-state index contributed by atoms with van der Waals surface area (Å²) in [4.78, 5) is 13.3. The van der Waals surface area contributed by atoms with E-state index in [-0.39, 0.29) is 16.7 Å². The first kappa shape index (κ1) is 23.1. The van der Waals surface area contributed by atoms with Crippen LogP contribution in [0.4, 0.5) is 0 Å². The molecule has 2 aromatic rings. The Hall–Kier alpha value is -2.60. The average Bonchev–Trinajstić information content (AvgIpc) is 3.22. The molecule has 5 nitrogen and oxygen atoms in total. The van der Waals surface area contributed by atoms with E-state index >= 15 is 0 Å². The molecule has 1 atom stereocenters. The van der Waals surface area contributed by atoms with Gasteiger partial charge in [-0.25, -0.2) is 8.42 Å². The molecule has 3 rings (SSSR count).